The van der Waals surface area contributed by atoms with Gasteiger partial charge in [-0.3, -0.25) is 14.5 Å². The zero-order valence-corrected chi connectivity index (χ0v) is 29.8. The standard InChI is InChI=1S/C37H73N3O4/c1-6-8-10-12-14-16-18-19-21-23-25-30-34(41)40(32-28-24-22-20-17-15-13-11-9-7-2)35(42)33(29-26-27-31-38)39-36(43)44-37(3,4)5/h33H,6-32,38H2,1-5H3,(H,39,43)/t33-/m0/s1. The quantitative estimate of drug-likeness (QED) is 0.0807. The summed E-state index contributed by atoms with van der Waals surface area (Å²) in [6, 6.07) is -0.791. The zero-order chi connectivity index (χ0) is 32.9. The summed E-state index contributed by atoms with van der Waals surface area (Å²) in [7, 11) is 0. The highest BCUT2D eigenvalue weighted by Crippen LogP contribution is 2.16. The minimum atomic E-state index is -0.791. The fraction of sp³-hybridized carbons (Fsp3) is 0.919. The molecule has 0 aromatic heterocycles. The summed E-state index contributed by atoms with van der Waals surface area (Å²) in [5, 5.41) is 2.77. The summed E-state index contributed by atoms with van der Waals surface area (Å²) >= 11 is 0. The molecule has 0 saturated carbocycles. The van der Waals surface area contributed by atoms with Crippen molar-refractivity contribution < 1.29 is 19.1 Å². The van der Waals surface area contributed by atoms with E-state index in [0.717, 1.165) is 44.9 Å². The lowest BCUT2D eigenvalue weighted by molar-refractivity contribution is -0.146. The average Bonchev–Trinajstić information content (AvgIpc) is 2.97. The summed E-state index contributed by atoms with van der Waals surface area (Å²) in [6.45, 7) is 10.8. The fourth-order valence-electron chi connectivity index (χ4n) is 5.58. The minimum absolute atomic E-state index is 0.114. The van der Waals surface area contributed by atoms with E-state index in [-0.39, 0.29) is 11.8 Å². The maximum atomic E-state index is 13.8. The van der Waals surface area contributed by atoms with Gasteiger partial charge in [0, 0.05) is 13.0 Å². The molecule has 0 radical (unpaired) electrons. The maximum Gasteiger partial charge on any atom is 0.408 e. The Morgan fingerprint density at radius 2 is 1.07 bits per heavy atom. The van der Waals surface area contributed by atoms with Gasteiger partial charge >= 0.3 is 6.09 Å². The molecule has 7 heteroatoms. The van der Waals surface area contributed by atoms with Gasteiger partial charge in [-0.05, 0) is 59.4 Å². The molecule has 0 unspecified atom stereocenters. The highest BCUT2D eigenvalue weighted by Gasteiger charge is 2.30. The molecule has 3 N–H and O–H groups in total. The van der Waals surface area contributed by atoms with Gasteiger partial charge < -0.3 is 15.8 Å². The first-order chi connectivity index (χ1) is 21.2. The number of nitrogens with one attached hydrogen (secondary N) is 1. The Hall–Kier alpha value is -1.63. The van der Waals surface area contributed by atoms with Crippen molar-refractivity contribution in [3.05, 3.63) is 0 Å². The van der Waals surface area contributed by atoms with E-state index in [9.17, 15) is 14.4 Å². The highest BCUT2D eigenvalue weighted by atomic mass is 16.6. The average molecular weight is 624 g/mol. The van der Waals surface area contributed by atoms with Crippen molar-refractivity contribution in [1.82, 2.24) is 10.2 Å². The van der Waals surface area contributed by atoms with Crippen LogP contribution in [0.3, 0.4) is 0 Å². The summed E-state index contributed by atoms with van der Waals surface area (Å²) in [5.74, 6) is -0.423. The van der Waals surface area contributed by atoms with Crippen molar-refractivity contribution >= 4 is 17.9 Å². The van der Waals surface area contributed by atoms with Crippen LogP contribution in [-0.2, 0) is 14.3 Å². The van der Waals surface area contributed by atoms with Gasteiger partial charge in [-0.2, -0.15) is 0 Å². The van der Waals surface area contributed by atoms with Crippen molar-refractivity contribution in [2.45, 2.75) is 207 Å². The molecule has 0 aromatic carbocycles. The van der Waals surface area contributed by atoms with Crippen LogP contribution in [0.4, 0.5) is 4.79 Å². The van der Waals surface area contributed by atoms with Crippen LogP contribution < -0.4 is 11.1 Å². The molecule has 0 aliphatic heterocycles. The third-order valence-electron chi connectivity index (χ3n) is 8.23. The predicted molar refractivity (Wildman–Crippen MR) is 186 cm³/mol. The Kier molecular flexibility index (Phi) is 27.7. The minimum Gasteiger partial charge on any atom is -0.444 e. The van der Waals surface area contributed by atoms with E-state index in [1.54, 1.807) is 20.8 Å². The number of imide groups is 1. The molecule has 7 nitrogen and oxygen atoms in total. The van der Waals surface area contributed by atoms with E-state index in [2.05, 4.69) is 19.2 Å². The number of ether oxygens (including phenoxy) is 1. The van der Waals surface area contributed by atoms with Gasteiger partial charge in [0.15, 0.2) is 0 Å². The number of nitrogens with two attached hydrogens (primary N) is 1. The SMILES string of the molecule is CCCCCCCCCCCCCC(=O)N(CCCCCCCCCCCC)C(=O)[C@H](CCCCN)NC(=O)OC(C)(C)C. The van der Waals surface area contributed by atoms with Gasteiger partial charge in [0.25, 0.3) is 5.91 Å². The molecule has 1 atom stereocenters. The fourth-order valence-corrected chi connectivity index (χ4v) is 5.58. The van der Waals surface area contributed by atoms with Crippen molar-refractivity contribution in [2.75, 3.05) is 13.1 Å². The lowest BCUT2D eigenvalue weighted by Crippen LogP contribution is -2.51. The van der Waals surface area contributed by atoms with E-state index in [0.29, 0.717) is 32.4 Å². The molecule has 0 heterocycles. The van der Waals surface area contributed by atoms with Crippen molar-refractivity contribution in [3.8, 4) is 0 Å². The van der Waals surface area contributed by atoms with Crippen molar-refractivity contribution in [2.24, 2.45) is 5.73 Å². The molecule has 0 fully saturated rings. The number of hydrogen-bond donors (Lipinski definition) is 2. The number of unbranched alkanes of at least 4 members (excludes halogenated alkanes) is 20. The van der Waals surface area contributed by atoms with E-state index in [1.165, 1.54) is 101 Å². The normalized spacial score (nSPS) is 12.2. The van der Waals surface area contributed by atoms with E-state index in [4.69, 9.17) is 10.5 Å². The number of rotatable bonds is 29. The van der Waals surface area contributed by atoms with Crippen LogP contribution >= 0.6 is 0 Å². The van der Waals surface area contributed by atoms with Crippen molar-refractivity contribution in [3.63, 3.8) is 0 Å². The summed E-state index contributed by atoms with van der Waals surface area (Å²) in [4.78, 5) is 41.3. The second-order valence-electron chi connectivity index (χ2n) is 13.8. The molecule has 44 heavy (non-hydrogen) atoms. The van der Waals surface area contributed by atoms with Crippen LogP contribution in [0.5, 0.6) is 0 Å². The van der Waals surface area contributed by atoms with Gasteiger partial charge in [-0.25, -0.2) is 4.79 Å². The summed E-state index contributed by atoms with van der Waals surface area (Å²) in [6.07, 6.45) is 27.0. The topological polar surface area (TPSA) is 102 Å². The Morgan fingerprint density at radius 3 is 1.50 bits per heavy atom. The molecule has 0 spiro atoms. The van der Waals surface area contributed by atoms with Crippen molar-refractivity contribution in [1.29, 1.82) is 0 Å². The molecule has 0 aliphatic rings. The van der Waals surface area contributed by atoms with Crippen LogP contribution in [-0.4, -0.2) is 47.5 Å². The number of amides is 3. The first kappa shape index (κ1) is 42.4. The van der Waals surface area contributed by atoms with Crippen LogP contribution in [0.15, 0.2) is 0 Å². The lowest BCUT2D eigenvalue weighted by atomic mass is 10.0. The molecule has 0 aromatic rings. The Bertz CT molecular complexity index is 707. The van der Waals surface area contributed by atoms with Crippen LogP contribution in [0.2, 0.25) is 0 Å². The summed E-state index contributed by atoms with van der Waals surface area (Å²) < 4.78 is 5.45. The maximum absolute atomic E-state index is 13.8. The Labute approximate surface area is 272 Å². The van der Waals surface area contributed by atoms with Gasteiger partial charge in [0.1, 0.15) is 11.6 Å². The third kappa shape index (κ3) is 25.7. The van der Waals surface area contributed by atoms with Crippen LogP contribution in [0.25, 0.3) is 0 Å². The lowest BCUT2D eigenvalue weighted by Gasteiger charge is -2.28. The first-order valence-corrected chi connectivity index (χ1v) is 18.7. The molecular formula is C37H73N3O4. The number of carbonyl (C=O) groups is 3. The molecule has 0 aliphatic carbocycles. The molecule has 260 valence electrons. The smallest absolute Gasteiger partial charge is 0.408 e. The summed E-state index contributed by atoms with van der Waals surface area (Å²) in [5.41, 5.74) is 5.03. The van der Waals surface area contributed by atoms with Gasteiger partial charge in [0.05, 0.1) is 0 Å². The largest absolute Gasteiger partial charge is 0.444 e. The second kappa shape index (κ2) is 28.8. The number of alkyl carbamates (subject to hydrolysis) is 1. The van der Waals surface area contributed by atoms with Crippen LogP contribution in [0, 0.1) is 0 Å². The van der Waals surface area contributed by atoms with Gasteiger partial charge in [0.2, 0.25) is 5.91 Å². The third-order valence-corrected chi connectivity index (χ3v) is 8.23. The monoisotopic (exact) mass is 624 g/mol. The number of nitrogens with zero attached hydrogens (tertiary/aromatic N) is 1. The predicted octanol–water partition coefficient (Wildman–Crippen LogP) is 9.99. The Morgan fingerprint density at radius 1 is 0.636 bits per heavy atom. The molecule has 0 rings (SSSR count). The zero-order valence-electron chi connectivity index (χ0n) is 29.8. The van der Waals surface area contributed by atoms with Gasteiger partial charge in [-0.1, -0.05) is 136 Å². The Balaban J connectivity index is 4.97. The second-order valence-corrected chi connectivity index (χ2v) is 13.8. The van der Waals surface area contributed by atoms with E-state index in [1.807, 2.05) is 0 Å². The van der Waals surface area contributed by atoms with E-state index >= 15 is 0 Å². The van der Waals surface area contributed by atoms with Gasteiger partial charge in [-0.15, -0.1) is 0 Å². The molecular weight excluding hydrogens is 550 g/mol. The highest BCUT2D eigenvalue weighted by molar-refractivity contribution is 5.98. The molecule has 0 saturated heterocycles. The first-order valence-electron chi connectivity index (χ1n) is 18.7. The number of carbonyl (C=O) groups excluding carboxylic acids is 3. The molecule has 3 amide bonds. The molecule has 0 bridgehead atoms. The van der Waals surface area contributed by atoms with Crippen LogP contribution in [0.1, 0.15) is 195 Å². The van der Waals surface area contributed by atoms with E-state index < -0.39 is 17.7 Å². The number of hydrogen-bond acceptors (Lipinski definition) is 5.